The minimum Gasteiger partial charge on any atom is -0.484 e. The predicted octanol–water partition coefficient (Wildman–Crippen LogP) is 4.00. The first-order valence-electron chi connectivity index (χ1n) is 9.40. The molecule has 0 aliphatic carbocycles. The number of nitrogens with zero attached hydrogens (tertiary/aromatic N) is 3. The maximum absolute atomic E-state index is 12.6. The van der Waals surface area contributed by atoms with Gasteiger partial charge in [-0.05, 0) is 56.7 Å². The van der Waals surface area contributed by atoms with Gasteiger partial charge in [0.2, 0.25) is 5.91 Å². The number of rotatable bonds is 6. The highest BCUT2D eigenvalue weighted by atomic mass is 32.2. The van der Waals surface area contributed by atoms with Crippen molar-refractivity contribution >= 4 is 17.7 Å². The fourth-order valence-electron chi connectivity index (χ4n) is 3.03. The van der Waals surface area contributed by atoms with Gasteiger partial charge in [-0.25, -0.2) is 0 Å². The summed E-state index contributed by atoms with van der Waals surface area (Å²) in [7, 11) is 0. The number of carbonyl (C=O) groups is 1. The highest BCUT2D eigenvalue weighted by molar-refractivity contribution is 8.00. The van der Waals surface area contributed by atoms with E-state index >= 15 is 0 Å². The van der Waals surface area contributed by atoms with Crippen LogP contribution in [0.1, 0.15) is 43.7 Å². The number of benzene rings is 1. The Kier molecular flexibility index (Phi) is 6.42. The summed E-state index contributed by atoms with van der Waals surface area (Å²) < 4.78 is 11.4. The van der Waals surface area contributed by atoms with Gasteiger partial charge in [0.25, 0.3) is 11.1 Å². The number of hydrogen-bond donors (Lipinski definition) is 0. The summed E-state index contributed by atoms with van der Waals surface area (Å²) in [5.74, 6) is 2.06. The molecule has 1 aromatic heterocycles. The molecule has 1 aromatic carbocycles. The standard InChI is InChI=1S/C20H27N3O3S/c1-13-7-9-23(10-8-13)19(24)16(4)27-20-22-21-18(26-20)12-25-17-11-14(2)5-6-15(17)3/h5-6,11,13,16H,7-10,12H2,1-4H3. The van der Waals surface area contributed by atoms with Gasteiger partial charge in [-0.1, -0.05) is 30.8 Å². The summed E-state index contributed by atoms with van der Waals surface area (Å²) in [4.78, 5) is 14.5. The van der Waals surface area contributed by atoms with Crippen LogP contribution < -0.4 is 4.74 Å². The molecule has 146 valence electrons. The highest BCUT2D eigenvalue weighted by Crippen LogP contribution is 2.26. The summed E-state index contributed by atoms with van der Waals surface area (Å²) in [6.07, 6.45) is 2.15. The van der Waals surface area contributed by atoms with Crippen LogP contribution in [0.25, 0.3) is 0 Å². The van der Waals surface area contributed by atoms with Crippen LogP contribution in [0.4, 0.5) is 0 Å². The number of piperidine rings is 1. The molecule has 0 saturated carbocycles. The zero-order chi connectivity index (χ0) is 19.4. The molecule has 1 saturated heterocycles. The Balaban J connectivity index is 1.52. The smallest absolute Gasteiger partial charge is 0.277 e. The van der Waals surface area contributed by atoms with Gasteiger partial charge in [-0.15, -0.1) is 10.2 Å². The third kappa shape index (κ3) is 5.25. The fourth-order valence-corrected chi connectivity index (χ4v) is 3.82. The molecule has 1 atom stereocenters. The van der Waals surface area contributed by atoms with Crippen molar-refractivity contribution in [1.82, 2.24) is 15.1 Å². The van der Waals surface area contributed by atoms with Crippen LogP contribution in [-0.2, 0) is 11.4 Å². The summed E-state index contributed by atoms with van der Waals surface area (Å²) in [5.41, 5.74) is 2.20. The maximum atomic E-state index is 12.6. The lowest BCUT2D eigenvalue weighted by molar-refractivity contribution is -0.131. The van der Waals surface area contributed by atoms with Crippen molar-refractivity contribution in [3.05, 3.63) is 35.2 Å². The van der Waals surface area contributed by atoms with Crippen molar-refractivity contribution in [3.8, 4) is 5.75 Å². The zero-order valence-corrected chi connectivity index (χ0v) is 17.2. The van der Waals surface area contributed by atoms with E-state index in [-0.39, 0.29) is 17.8 Å². The Morgan fingerprint density at radius 1 is 1.33 bits per heavy atom. The normalized spacial score (nSPS) is 16.4. The van der Waals surface area contributed by atoms with E-state index in [4.69, 9.17) is 9.15 Å². The Morgan fingerprint density at radius 2 is 2.07 bits per heavy atom. The van der Waals surface area contributed by atoms with E-state index in [9.17, 15) is 4.79 Å². The molecular weight excluding hydrogens is 362 g/mol. The second kappa shape index (κ2) is 8.78. The predicted molar refractivity (Wildman–Crippen MR) is 105 cm³/mol. The van der Waals surface area contributed by atoms with E-state index in [1.165, 1.54) is 11.8 Å². The van der Waals surface area contributed by atoms with Gasteiger partial charge >= 0.3 is 0 Å². The van der Waals surface area contributed by atoms with Crippen LogP contribution in [0.2, 0.25) is 0 Å². The summed E-state index contributed by atoms with van der Waals surface area (Å²) in [5, 5.41) is 8.23. The van der Waals surface area contributed by atoms with Crippen molar-refractivity contribution < 1.29 is 13.9 Å². The van der Waals surface area contributed by atoms with Crippen LogP contribution in [-0.4, -0.2) is 39.3 Å². The van der Waals surface area contributed by atoms with Gasteiger partial charge in [0, 0.05) is 13.1 Å². The lowest BCUT2D eigenvalue weighted by Gasteiger charge is -2.31. The molecule has 1 aliphatic heterocycles. The minimum absolute atomic E-state index is 0.137. The fraction of sp³-hybridized carbons (Fsp3) is 0.550. The number of thioether (sulfide) groups is 1. The second-order valence-electron chi connectivity index (χ2n) is 7.29. The van der Waals surface area contributed by atoms with E-state index in [1.54, 1.807) is 0 Å². The van der Waals surface area contributed by atoms with Gasteiger partial charge in [-0.3, -0.25) is 4.79 Å². The maximum Gasteiger partial charge on any atom is 0.277 e. The molecule has 0 spiro atoms. The summed E-state index contributed by atoms with van der Waals surface area (Å²) >= 11 is 1.31. The van der Waals surface area contributed by atoms with Crippen LogP contribution in [0.5, 0.6) is 5.75 Å². The monoisotopic (exact) mass is 389 g/mol. The SMILES string of the molecule is Cc1ccc(C)c(OCc2nnc(SC(C)C(=O)N3CCC(C)CC3)o2)c1. The molecule has 0 N–H and O–H groups in total. The number of likely N-dealkylation sites (tertiary alicyclic amines) is 1. The van der Waals surface area contributed by atoms with Crippen molar-refractivity contribution in [3.63, 3.8) is 0 Å². The lowest BCUT2D eigenvalue weighted by atomic mass is 9.99. The molecule has 2 heterocycles. The van der Waals surface area contributed by atoms with Crippen LogP contribution in [0.3, 0.4) is 0 Å². The zero-order valence-electron chi connectivity index (χ0n) is 16.4. The molecule has 1 unspecified atom stereocenters. The van der Waals surface area contributed by atoms with Crippen LogP contribution in [0.15, 0.2) is 27.8 Å². The Bertz CT molecular complexity index is 785. The molecule has 1 amide bonds. The first-order chi connectivity index (χ1) is 12.9. The third-order valence-corrected chi connectivity index (χ3v) is 5.79. The van der Waals surface area contributed by atoms with Gasteiger partial charge < -0.3 is 14.1 Å². The Hall–Kier alpha value is -2.02. The van der Waals surface area contributed by atoms with Gasteiger partial charge in [0.15, 0.2) is 6.61 Å². The van der Waals surface area contributed by atoms with Crippen LogP contribution in [0, 0.1) is 19.8 Å². The average Bonchev–Trinajstić information content (AvgIpc) is 3.10. The van der Waals surface area contributed by atoms with Crippen molar-refractivity contribution in [2.45, 2.75) is 57.6 Å². The van der Waals surface area contributed by atoms with Crippen molar-refractivity contribution in [2.75, 3.05) is 13.1 Å². The Morgan fingerprint density at radius 3 is 2.81 bits per heavy atom. The number of amides is 1. The first kappa shape index (κ1) is 19.7. The molecule has 2 aromatic rings. The molecule has 6 nitrogen and oxygen atoms in total. The number of ether oxygens (including phenoxy) is 1. The molecule has 3 rings (SSSR count). The van der Waals surface area contributed by atoms with Crippen LogP contribution >= 0.6 is 11.8 Å². The first-order valence-corrected chi connectivity index (χ1v) is 10.3. The van der Waals surface area contributed by atoms with E-state index in [0.717, 1.165) is 42.8 Å². The molecule has 1 aliphatic rings. The molecule has 27 heavy (non-hydrogen) atoms. The third-order valence-electron chi connectivity index (χ3n) is 4.86. The molecule has 1 fully saturated rings. The van der Waals surface area contributed by atoms with Gasteiger partial charge in [0.05, 0.1) is 5.25 Å². The van der Waals surface area contributed by atoms with E-state index in [2.05, 4.69) is 17.1 Å². The van der Waals surface area contributed by atoms with Crippen molar-refractivity contribution in [2.24, 2.45) is 5.92 Å². The van der Waals surface area contributed by atoms with Gasteiger partial charge in [-0.2, -0.15) is 0 Å². The number of hydrogen-bond acceptors (Lipinski definition) is 6. The van der Waals surface area contributed by atoms with E-state index in [0.29, 0.717) is 17.0 Å². The summed E-state index contributed by atoms with van der Waals surface area (Å²) in [6.45, 7) is 10.0. The quantitative estimate of drug-likeness (QED) is 0.696. The molecular formula is C20H27N3O3S. The number of aryl methyl sites for hydroxylation is 2. The molecule has 7 heteroatoms. The molecule has 0 radical (unpaired) electrons. The highest BCUT2D eigenvalue weighted by Gasteiger charge is 2.26. The summed E-state index contributed by atoms with van der Waals surface area (Å²) in [6, 6.07) is 6.06. The average molecular weight is 390 g/mol. The van der Waals surface area contributed by atoms with Gasteiger partial charge in [0.1, 0.15) is 5.75 Å². The molecule has 0 bridgehead atoms. The largest absolute Gasteiger partial charge is 0.484 e. The minimum atomic E-state index is -0.244. The Labute approximate surface area is 164 Å². The topological polar surface area (TPSA) is 68.5 Å². The van der Waals surface area contributed by atoms with E-state index in [1.807, 2.05) is 43.9 Å². The second-order valence-corrected chi connectivity index (χ2v) is 8.58. The van der Waals surface area contributed by atoms with Crippen molar-refractivity contribution in [1.29, 1.82) is 0 Å². The number of aromatic nitrogens is 2. The number of carbonyl (C=O) groups excluding carboxylic acids is 1. The lowest BCUT2D eigenvalue weighted by Crippen LogP contribution is -2.41. The van der Waals surface area contributed by atoms with E-state index < -0.39 is 0 Å².